The molecular formula is C22H28N4O. The summed E-state index contributed by atoms with van der Waals surface area (Å²) in [6.45, 7) is 7.56. The van der Waals surface area contributed by atoms with Gasteiger partial charge < -0.3 is 10.0 Å². The van der Waals surface area contributed by atoms with Crippen molar-refractivity contribution in [2.75, 3.05) is 24.5 Å². The average Bonchev–Trinajstić information content (AvgIpc) is 3.12. The summed E-state index contributed by atoms with van der Waals surface area (Å²) < 4.78 is 0. The lowest BCUT2D eigenvalue weighted by Crippen LogP contribution is -2.60. The Bertz CT molecular complexity index is 846. The SMILES string of the molecule is CCc1cnc(C)nc1N1C[C@@H](c2cccc(O)c2)[C@@H]2[C@H]1C1CCN2CC1. The minimum absolute atomic E-state index is 0.366. The lowest BCUT2D eigenvalue weighted by Gasteiger charge is -2.51. The van der Waals surface area contributed by atoms with Crippen LogP contribution >= 0.6 is 0 Å². The summed E-state index contributed by atoms with van der Waals surface area (Å²) in [6, 6.07) is 8.91. The van der Waals surface area contributed by atoms with Crippen molar-refractivity contribution < 1.29 is 5.11 Å². The molecular weight excluding hydrogens is 336 g/mol. The van der Waals surface area contributed by atoms with Gasteiger partial charge in [-0.1, -0.05) is 19.1 Å². The van der Waals surface area contributed by atoms with Gasteiger partial charge in [0.2, 0.25) is 0 Å². The van der Waals surface area contributed by atoms with Crippen LogP contribution in [0.5, 0.6) is 5.75 Å². The van der Waals surface area contributed by atoms with Gasteiger partial charge in [-0.05, 0) is 62.9 Å². The highest BCUT2D eigenvalue weighted by molar-refractivity contribution is 5.52. The number of aromatic nitrogens is 2. The topological polar surface area (TPSA) is 52.5 Å². The molecule has 2 bridgehead atoms. The number of fused-ring (bicyclic) bond motifs is 2. The second kappa shape index (κ2) is 6.48. The van der Waals surface area contributed by atoms with Gasteiger partial charge in [-0.3, -0.25) is 4.90 Å². The molecule has 0 saturated carbocycles. The predicted octanol–water partition coefficient (Wildman–Crippen LogP) is 3.12. The molecule has 0 spiro atoms. The van der Waals surface area contributed by atoms with Crippen LogP contribution in [0.2, 0.25) is 0 Å². The van der Waals surface area contributed by atoms with Crippen molar-refractivity contribution in [1.82, 2.24) is 14.9 Å². The first-order chi connectivity index (χ1) is 13.2. The molecule has 2 aromatic rings. The van der Waals surface area contributed by atoms with Crippen LogP contribution in [0.3, 0.4) is 0 Å². The third kappa shape index (κ3) is 2.71. The molecule has 3 atom stereocenters. The number of aromatic hydroxyl groups is 1. The number of benzene rings is 1. The van der Waals surface area contributed by atoms with Crippen LogP contribution in [0.25, 0.3) is 0 Å². The van der Waals surface area contributed by atoms with Crippen molar-refractivity contribution >= 4 is 5.82 Å². The number of rotatable bonds is 3. The molecule has 1 N–H and O–H groups in total. The number of anilines is 1. The van der Waals surface area contributed by atoms with Crippen molar-refractivity contribution in [2.45, 2.75) is 51.1 Å². The second-order valence-corrected chi connectivity index (χ2v) is 8.33. The van der Waals surface area contributed by atoms with E-state index in [9.17, 15) is 5.11 Å². The third-order valence-electron chi connectivity index (χ3n) is 6.91. The van der Waals surface area contributed by atoms with Gasteiger partial charge in [-0.25, -0.2) is 9.97 Å². The number of phenolic OH excluding ortho intramolecular Hbond substituents is 1. The van der Waals surface area contributed by atoms with Gasteiger partial charge in [0.05, 0.1) is 0 Å². The molecule has 4 fully saturated rings. The maximum absolute atomic E-state index is 10.1. The second-order valence-electron chi connectivity index (χ2n) is 8.33. The first-order valence-electron chi connectivity index (χ1n) is 10.3. The Morgan fingerprint density at radius 3 is 2.74 bits per heavy atom. The van der Waals surface area contributed by atoms with Crippen molar-refractivity contribution in [2.24, 2.45) is 5.92 Å². The largest absolute Gasteiger partial charge is 0.508 e. The predicted molar refractivity (Wildman–Crippen MR) is 106 cm³/mol. The van der Waals surface area contributed by atoms with Crippen LogP contribution in [0.4, 0.5) is 5.82 Å². The highest BCUT2D eigenvalue weighted by Gasteiger charge is 2.54. The Morgan fingerprint density at radius 1 is 1.19 bits per heavy atom. The molecule has 27 heavy (non-hydrogen) atoms. The zero-order valence-electron chi connectivity index (χ0n) is 16.2. The molecule has 6 rings (SSSR count). The fourth-order valence-corrected chi connectivity index (χ4v) is 5.69. The molecule has 0 aliphatic carbocycles. The van der Waals surface area contributed by atoms with E-state index >= 15 is 0 Å². The smallest absolute Gasteiger partial charge is 0.135 e. The van der Waals surface area contributed by atoms with E-state index in [0.717, 1.165) is 30.5 Å². The highest BCUT2D eigenvalue weighted by atomic mass is 16.3. The lowest BCUT2D eigenvalue weighted by atomic mass is 9.75. The first kappa shape index (κ1) is 17.0. The van der Waals surface area contributed by atoms with Crippen LogP contribution in [0.1, 0.15) is 42.6 Å². The van der Waals surface area contributed by atoms with Crippen molar-refractivity contribution in [3.8, 4) is 5.75 Å². The van der Waals surface area contributed by atoms with Crippen LogP contribution in [0.15, 0.2) is 30.5 Å². The van der Waals surface area contributed by atoms with Gasteiger partial charge in [-0.15, -0.1) is 0 Å². The van der Waals surface area contributed by atoms with E-state index in [4.69, 9.17) is 4.98 Å². The maximum atomic E-state index is 10.1. The molecule has 4 aliphatic heterocycles. The Morgan fingerprint density at radius 2 is 2.00 bits per heavy atom. The van der Waals surface area contributed by atoms with Crippen molar-refractivity contribution in [3.63, 3.8) is 0 Å². The van der Waals surface area contributed by atoms with E-state index in [1.165, 1.54) is 37.1 Å². The lowest BCUT2D eigenvalue weighted by molar-refractivity contribution is 0.0354. The summed E-state index contributed by atoms with van der Waals surface area (Å²) in [4.78, 5) is 14.6. The van der Waals surface area contributed by atoms with E-state index < -0.39 is 0 Å². The van der Waals surface area contributed by atoms with Gasteiger partial charge in [0, 0.05) is 36.3 Å². The first-order valence-corrected chi connectivity index (χ1v) is 10.3. The molecule has 4 saturated heterocycles. The Kier molecular flexibility index (Phi) is 4.08. The molecule has 1 aromatic heterocycles. The Labute approximate surface area is 161 Å². The Balaban J connectivity index is 1.60. The molecule has 5 nitrogen and oxygen atoms in total. The molecule has 0 unspecified atom stereocenters. The number of nitrogens with zero attached hydrogens (tertiary/aromatic N) is 4. The summed E-state index contributed by atoms with van der Waals surface area (Å²) in [5.41, 5.74) is 2.50. The summed E-state index contributed by atoms with van der Waals surface area (Å²) in [5, 5.41) is 10.1. The van der Waals surface area contributed by atoms with Gasteiger partial charge in [0.1, 0.15) is 17.4 Å². The van der Waals surface area contributed by atoms with Crippen LogP contribution in [0, 0.1) is 12.8 Å². The molecule has 5 heteroatoms. The van der Waals surface area contributed by atoms with Gasteiger partial charge in [0.25, 0.3) is 0 Å². The number of aryl methyl sites for hydroxylation is 2. The molecule has 4 aliphatic rings. The number of phenols is 1. The number of piperidine rings is 3. The number of hydrogen-bond acceptors (Lipinski definition) is 5. The normalized spacial score (nSPS) is 31.9. The van der Waals surface area contributed by atoms with Crippen LogP contribution in [-0.2, 0) is 6.42 Å². The van der Waals surface area contributed by atoms with Gasteiger partial charge in [-0.2, -0.15) is 0 Å². The molecule has 0 radical (unpaired) electrons. The minimum atomic E-state index is 0.366. The van der Waals surface area contributed by atoms with Gasteiger partial charge in [0.15, 0.2) is 0 Å². The minimum Gasteiger partial charge on any atom is -0.508 e. The van der Waals surface area contributed by atoms with Crippen molar-refractivity contribution in [1.29, 1.82) is 0 Å². The monoisotopic (exact) mass is 364 g/mol. The summed E-state index contributed by atoms with van der Waals surface area (Å²) in [5.74, 6) is 3.50. The maximum Gasteiger partial charge on any atom is 0.135 e. The van der Waals surface area contributed by atoms with E-state index in [1.807, 2.05) is 25.3 Å². The summed E-state index contributed by atoms with van der Waals surface area (Å²) in [6.07, 6.45) is 5.54. The van der Waals surface area contributed by atoms with Gasteiger partial charge >= 0.3 is 0 Å². The van der Waals surface area contributed by atoms with E-state index in [1.54, 1.807) is 6.07 Å². The standard InChI is InChI=1S/C22H28N4O/c1-3-15-12-23-14(2)24-22(15)26-13-19(17-5-4-6-18(27)11-17)21-20(26)16-7-9-25(21)10-8-16/h4-6,11-12,16,19-21,27H,3,7-10,13H2,1-2H3/t19-,20+,21+/m0/s1. The van der Waals surface area contributed by atoms with Crippen LogP contribution in [-0.4, -0.2) is 51.7 Å². The summed E-state index contributed by atoms with van der Waals surface area (Å²) >= 11 is 0. The third-order valence-corrected chi connectivity index (χ3v) is 6.91. The highest BCUT2D eigenvalue weighted by Crippen LogP contribution is 2.48. The zero-order chi connectivity index (χ0) is 18.5. The Hall–Kier alpha value is -2.14. The fourth-order valence-electron chi connectivity index (χ4n) is 5.69. The zero-order valence-corrected chi connectivity index (χ0v) is 16.2. The van der Waals surface area contributed by atoms with E-state index in [0.29, 0.717) is 23.8 Å². The van der Waals surface area contributed by atoms with E-state index in [-0.39, 0.29) is 0 Å². The van der Waals surface area contributed by atoms with Crippen LogP contribution < -0.4 is 4.90 Å². The average molecular weight is 364 g/mol. The molecule has 5 heterocycles. The van der Waals surface area contributed by atoms with Crippen molar-refractivity contribution in [3.05, 3.63) is 47.4 Å². The summed E-state index contributed by atoms with van der Waals surface area (Å²) in [7, 11) is 0. The quantitative estimate of drug-likeness (QED) is 0.907. The molecule has 142 valence electrons. The number of hydrogen-bond donors (Lipinski definition) is 1. The van der Waals surface area contributed by atoms with E-state index in [2.05, 4.69) is 27.8 Å². The molecule has 1 aromatic carbocycles. The fraction of sp³-hybridized carbons (Fsp3) is 0.545. The molecule has 0 amide bonds.